The summed E-state index contributed by atoms with van der Waals surface area (Å²) >= 11 is 0. The highest BCUT2D eigenvalue weighted by atomic mass is 28.4. The van der Waals surface area contributed by atoms with Crippen molar-refractivity contribution in [3.8, 4) is 0 Å². The molecule has 3 heterocycles. The molecule has 0 N–H and O–H groups in total. The van der Waals surface area contributed by atoms with Crippen molar-refractivity contribution in [2.24, 2.45) is 0 Å². The van der Waals surface area contributed by atoms with Crippen LogP contribution in [0.2, 0.25) is 16.6 Å². The van der Waals surface area contributed by atoms with Crippen LogP contribution in [0.15, 0.2) is 43.0 Å². The third-order valence-corrected chi connectivity index (χ3v) is 14.4. The predicted molar refractivity (Wildman–Crippen MR) is 127 cm³/mol. The molecule has 5 nitrogen and oxygen atoms in total. The van der Waals surface area contributed by atoms with E-state index in [2.05, 4.69) is 64.6 Å². The van der Waals surface area contributed by atoms with E-state index in [9.17, 15) is 0 Å². The Morgan fingerprint density at radius 2 is 1.78 bits per heavy atom. The second-order valence-corrected chi connectivity index (χ2v) is 15.6. The molecule has 0 bridgehead atoms. The molecule has 0 aromatic heterocycles. The Balaban J connectivity index is 1.37. The van der Waals surface area contributed by atoms with E-state index in [1.54, 1.807) is 5.23 Å². The van der Waals surface area contributed by atoms with Gasteiger partial charge in [-0.25, -0.2) is 4.84 Å². The predicted octanol–water partition coefficient (Wildman–Crippen LogP) is 6.10. The Hall–Kier alpha value is -1.02. The molecular weight excluding hydrogens is 418 g/mol. The van der Waals surface area contributed by atoms with E-state index in [0.717, 1.165) is 12.8 Å². The Kier molecular flexibility index (Phi) is 6.38. The fraction of sp³-hybridized carbons (Fsp3) is 0.692. The minimum absolute atomic E-state index is 0.0491. The van der Waals surface area contributed by atoms with Gasteiger partial charge in [-0.3, -0.25) is 4.84 Å². The van der Waals surface area contributed by atoms with Gasteiger partial charge in [-0.1, -0.05) is 82.2 Å². The molecule has 5 rings (SSSR count). The number of hydrogen-bond acceptors (Lipinski definition) is 5. The highest BCUT2D eigenvalue weighted by Gasteiger charge is 2.69. The lowest BCUT2D eigenvalue weighted by Crippen LogP contribution is -2.49. The molecule has 7 atom stereocenters. The first kappa shape index (κ1) is 22.8. The molecular formula is C26H39NO4Si. The first-order valence-corrected chi connectivity index (χ1v) is 14.7. The van der Waals surface area contributed by atoms with Crippen LogP contribution in [-0.2, 0) is 18.8 Å². The fourth-order valence-electron chi connectivity index (χ4n) is 7.03. The van der Waals surface area contributed by atoms with E-state index in [0.29, 0.717) is 22.5 Å². The van der Waals surface area contributed by atoms with E-state index < -0.39 is 8.32 Å². The number of hydroxylamine groups is 2. The van der Waals surface area contributed by atoms with Crippen molar-refractivity contribution in [1.29, 1.82) is 0 Å². The lowest BCUT2D eigenvalue weighted by Gasteiger charge is -2.41. The molecule has 3 aliphatic heterocycles. The Morgan fingerprint density at radius 3 is 2.47 bits per heavy atom. The van der Waals surface area contributed by atoms with E-state index >= 15 is 0 Å². The average molecular weight is 458 g/mol. The van der Waals surface area contributed by atoms with Gasteiger partial charge in [-0.05, 0) is 29.5 Å². The maximum Gasteiger partial charge on any atom is 0.206 e. The summed E-state index contributed by atoms with van der Waals surface area (Å²) < 4.78 is 13.8. The van der Waals surface area contributed by atoms with Crippen LogP contribution in [0.4, 0.5) is 0 Å². The zero-order chi connectivity index (χ0) is 22.5. The van der Waals surface area contributed by atoms with Crippen LogP contribution < -0.4 is 0 Å². The third kappa shape index (κ3) is 3.64. The summed E-state index contributed by atoms with van der Waals surface area (Å²) in [6.45, 7) is 13.4. The minimum Gasteiger partial charge on any atom is -0.411 e. The molecule has 1 saturated carbocycles. The van der Waals surface area contributed by atoms with Gasteiger partial charge < -0.3 is 9.16 Å². The first-order valence-electron chi connectivity index (χ1n) is 12.6. The van der Waals surface area contributed by atoms with Gasteiger partial charge in [0.1, 0.15) is 6.10 Å². The zero-order valence-corrected chi connectivity index (χ0v) is 21.0. The van der Waals surface area contributed by atoms with Crippen molar-refractivity contribution in [2.45, 2.75) is 113 Å². The molecule has 1 unspecified atom stereocenters. The fourth-order valence-corrected chi connectivity index (χ4v) is 12.9. The largest absolute Gasteiger partial charge is 0.411 e. The first-order chi connectivity index (χ1) is 15.5. The Labute approximate surface area is 194 Å². The third-order valence-electron chi connectivity index (χ3n) is 8.39. The Bertz CT molecular complexity index is 794. The van der Waals surface area contributed by atoms with E-state index in [-0.39, 0.29) is 30.6 Å². The second-order valence-electron chi connectivity index (χ2n) is 10.7. The van der Waals surface area contributed by atoms with Crippen molar-refractivity contribution in [3.63, 3.8) is 0 Å². The highest BCUT2D eigenvalue weighted by Crippen LogP contribution is 2.59. The molecule has 1 aromatic rings. The van der Waals surface area contributed by atoms with Gasteiger partial charge in [-0.2, -0.15) is 0 Å². The van der Waals surface area contributed by atoms with Gasteiger partial charge in [0.2, 0.25) is 8.32 Å². The smallest absolute Gasteiger partial charge is 0.206 e. The summed E-state index contributed by atoms with van der Waals surface area (Å²) in [5, 5.41) is 1.75. The maximum absolute atomic E-state index is 7.08. The summed E-state index contributed by atoms with van der Waals surface area (Å²) in [6, 6.07) is 11.0. The standard InChI is InChI=1S/C26H39NO4Si/c1-6-21-26-25-23(31-32(26,17(2)3)18(4)5)16-24(30-27(25)29-21)28-22-15-11-10-14-20(22)19-12-8-7-9-13-19/h6-9,12-13,17-18,20-26H,1,10-11,14-16H2,2-5H3/t20-,21-,22?,23+,24-,25-,26-/m1/s1. The average Bonchev–Trinajstić information content (AvgIpc) is 3.34. The SMILES string of the molecule is C=C[C@H]1ON2O[C@@H](OC3CCCC[C@@H]3c3ccccc3)C[C@@H]3O[Si](C(C)C)(C(C)C)[C@H]1[C@@H]32. The van der Waals surface area contributed by atoms with E-state index in [1.807, 2.05) is 6.08 Å². The van der Waals surface area contributed by atoms with Crippen LogP contribution in [0.1, 0.15) is 71.3 Å². The quantitative estimate of drug-likeness (QED) is 0.381. The molecule has 0 spiro atoms. The molecule has 0 radical (unpaired) electrons. The molecule has 32 heavy (non-hydrogen) atoms. The number of rotatable bonds is 6. The van der Waals surface area contributed by atoms with Gasteiger partial charge in [0.05, 0.1) is 18.2 Å². The second kappa shape index (κ2) is 8.97. The monoisotopic (exact) mass is 457 g/mol. The van der Waals surface area contributed by atoms with Gasteiger partial charge in [0.15, 0.2) is 6.29 Å². The van der Waals surface area contributed by atoms with Crippen molar-refractivity contribution in [1.82, 2.24) is 5.23 Å². The van der Waals surface area contributed by atoms with Crippen molar-refractivity contribution in [2.75, 3.05) is 0 Å². The van der Waals surface area contributed by atoms with Crippen molar-refractivity contribution >= 4 is 8.32 Å². The summed E-state index contributed by atoms with van der Waals surface area (Å²) in [5.41, 5.74) is 2.73. The van der Waals surface area contributed by atoms with E-state index in [4.69, 9.17) is 18.8 Å². The van der Waals surface area contributed by atoms with Crippen LogP contribution >= 0.6 is 0 Å². The van der Waals surface area contributed by atoms with Gasteiger partial charge in [0.25, 0.3) is 0 Å². The van der Waals surface area contributed by atoms with Crippen LogP contribution in [0.25, 0.3) is 0 Å². The molecule has 1 aliphatic carbocycles. The molecule has 4 fully saturated rings. The van der Waals surface area contributed by atoms with Crippen molar-refractivity contribution in [3.05, 3.63) is 48.6 Å². The normalized spacial score (nSPS) is 38.9. The summed E-state index contributed by atoms with van der Waals surface area (Å²) in [4.78, 5) is 12.6. The van der Waals surface area contributed by atoms with Crippen LogP contribution in [-0.4, -0.2) is 44.2 Å². The Morgan fingerprint density at radius 1 is 1.06 bits per heavy atom. The number of nitrogens with zero attached hydrogens (tertiary/aromatic N) is 1. The topological polar surface area (TPSA) is 40.2 Å². The summed E-state index contributed by atoms with van der Waals surface area (Å²) in [6.07, 6.45) is 7.31. The van der Waals surface area contributed by atoms with Gasteiger partial charge in [0, 0.05) is 17.9 Å². The number of hydrogen-bond donors (Lipinski definition) is 0. The lowest BCUT2D eigenvalue weighted by molar-refractivity contribution is -0.445. The molecule has 1 aromatic carbocycles. The van der Waals surface area contributed by atoms with Crippen LogP contribution in [0.5, 0.6) is 0 Å². The molecule has 6 heteroatoms. The zero-order valence-electron chi connectivity index (χ0n) is 20.0. The summed E-state index contributed by atoms with van der Waals surface area (Å²) in [7, 11) is -2.11. The molecule has 176 valence electrons. The van der Waals surface area contributed by atoms with Crippen LogP contribution in [0, 0.1) is 0 Å². The molecule has 4 aliphatic rings. The number of ether oxygens (including phenoxy) is 1. The van der Waals surface area contributed by atoms with Crippen molar-refractivity contribution < 1.29 is 18.8 Å². The van der Waals surface area contributed by atoms with E-state index in [1.165, 1.54) is 24.8 Å². The summed E-state index contributed by atoms with van der Waals surface area (Å²) in [5.74, 6) is 0.420. The number of benzene rings is 1. The highest BCUT2D eigenvalue weighted by molar-refractivity contribution is 6.79. The van der Waals surface area contributed by atoms with Gasteiger partial charge >= 0.3 is 0 Å². The van der Waals surface area contributed by atoms with Gasteiger partial charge in [-0.15, -0.1) is 6.58 Å². The minimum atomic E-state index is -2.11. The van der Waals surface area contributed by atoms with Crippen LogP contribution in [0.3, 0.4) is 0 Å². The maximum atomic E-state index is 7.08. The molecule has 3 saturated heterocycles. The molecule has 0 amide bonds. The lowest BCUT2D eigenvalue weighted by atomic mass is 9.81.